The topological polar surface area (TPSA) is 42.0 Å². The molecule has 1 N–H and O–H groups in total. The van der Waals surface area contributed by atoms with Crippen LogP contribution in [0, 0.1) is 5.82 Å². The zero-order chi connectivity index (χ0) is 10.6. The maximum atomic E-state index is 13.2. The number of carbonyl (C=O) groups excluding carboxylic acids is 1. The van der Waals surface area contributed by atoms with Crippen molar-refractivity contribution in [1.82, 2.24) is 10.3 Å². The molecule has 0 fully saturated rings. The van der Waals surface area contributed by atoms with Gasteiger partial charge in [0.25, 0.3) is 0 Å². The van der Waals surface area contributed by atoms with Gasteiger partial charge in [0.15, 0.2) is 5.82 Å². The van der Waals surface area contributed by atoms with Crippen molar-refractivity contribution in [2.45, 2.75) is 6.54 Å². The Kier molecular flexibility index (Phi) is 3.59. The smallest absolute Gasteiger partial charge is 0.243 e. The first-order chi connectivity index (χ1) is 6.65. The van der Waals surface area contributed by atoms with Gasteiger partial charge < -0.3 is 5.32 Å². The number of hydrogen-bond acceptors (Lipinski definition) is 2. The Morgan fingerprint density at radius 2 is 2.50 bits per heavy atom. The second kappa shape index (κ2) is 4.72. The molecule has 0 aliphatic rings. The van der Waals surface area contributed by atoms with E-state index in [9.17, 15) is 9.18 Å². The predicted octanol–water partition coefficient (Wildman–Crippen LogP) is 1.68. The number of rotatable bonds is 3. The van der Waals surface area contributed by atoms with E-state index in [4.69, 9.17) is 11.6 Å². The van der Waals surface area contributed by atoms with Crippen molar-refractivity contribution in [2.75, 3.05) is 0 Å². The van der Waals surface area contributed by atoms with Crippen molar-refractivity contribution in [3.8, 4) is 0 Å². The Hall–Kier alpha value is -1.42. The number of halogens is 2. The van der Waals surface area contributed by atoms with Crippen LogP contribution in [0.4, 0.5) is 4.39 Å². The van der Waals surface area contributed by atoms with E-state index < -0.39 is 5.82 Å². The Labute approximate surface area is 85.6 Å². The van der Waals surface area contributed by atoms with Crippen LogP contribution in [0.15, 0.2) is 24.9 Å². The number of nitrogens with zero attached hydrogens (tertiary/aromatic N) is 1. The normalized spacial score (nSPS) is 9.57. The summed E-state index contributed by atoms with van der Waals surface area (Å²) in [5, 5.41) is 2.39. The molecule has 1 heterocycles. The third-order valence-corrected chi connectivity index (χ3v) is 1.82. The van der Waals surface area contributed by atoms with Gasteiger partial charge in [0.05, 0.1) is 17.3 Å². The first-order valence-electron chi connectivity index (χ1n) is 3.84. The molecular formula is C9H8ClFN2O. The number of carbonyl (C=O) groups is 1. The van der Waals surface area contributed by atoms with E-state index in [0.717, 1.165) is 6.08 Å². The largest absolute Gasteiger partial charge is 0.347 e. The van der Waals surface area contributed by atoms with Crippen LogP contribution in [0.25, 0.3) is 0 Å². The summed E-state index contributed by atoms with van der Waals surface area (Å²) >= 11 is 5.52. The molecule has 0 aliphatic heterocycles. The molecule has 1 rings (SSSR count). The standard InChI is InChI=1S/C9H8ClFN2O/c1-2-8(14)13-5-7-9(11)6(10)3-4-12-7/h2-4H,1,5H2,(H,13,14). The minimum Gasteiger partial charge on any atom is -0.347 e. The van der Waals surface area contributed by atoms with Crippen LogP contribution in [-0.2, 0) is 11.3 Å². The van der Waals surface area contributed by atoms with Gasteiger partial charge in [-0.2, -0.15) is 0 Å². The quantitative estimate of drug-likeness (QED) is 0.778. The summed E-state index contributed by atoms with van der Waals surface area (Å²) in [4.78, 5) is 14.5. The lowest BCUT2D eigenvalue weighted by Crippen LogP contribution is -2.21. The third kappa shape index (κ3) is 2.53. The minimum absolute atomic E-state index is 0.00273. The lowest BCUT2D eigenvalue weighted by atomic mass is 10.3. The minimum atomic E-state index is -0.612. The fraction of sp³-hybridized carbons (Fsp3) is 0.111. The highest BCUT2D eigenvalue weighted by atomic mass is 35.5. The second-order valence-corrected chi connectivity index (χ2v) is 2.88. The van der Waals surface area contributed by atoms with Gasteiger partial charge in [-0.1, -0.05) is 18.2 Å². The third-order valence-electron chi connectivity index (χ3n) is 1.53. The first kappa shape index (κ1) is 10.7. The summed E-state index contributed by atoms with van der Waals surface area (Å²) in [7, 11) is 0. The van der Waals surface area contributed by atoms with E-state index in [-0.39, 0.29) is 23.2 Å². The van der Waals surface area contributed by atoms with Gasteiger partial charge in [0, 0.05) is 6.20 Å². The summed E-state index contributed by atoms with van der Waals surface area (Å²) in [6.07, 6.45) is 2.48. The van der Waals surface area contributed by atoms with E-state index in [2.05, 4.69) is 16.9 Å². The molecule has 0 bridgehead atoms. The molecule has 1 aromatic heterocycles. The predicted molar refractivity (Wildman–Crippen MR) is 51.2 cm³/mol. The van der Waals surface area contributed by atoms with Crippen molar-refractivity contribution in [3.63, 3.8) is 0 Å². The number of hydrogen-bond donors (Lipinski definition) is 1. The van der Waals surface area contributed by atoms with Crippen LogP contribution in [0.1, 0.15) is 5.69 Å². The molecule has 0 atom stereocenters. The Morgan fingerprint density at radius 3 is 3.14 bits per heavy atom. The zero-order valence-corrected chi connectivity index (χ0v) is 8.01. The van der Waals surface area contributed by atoms with Crippen LogP contribution in [0.2, 0.25) is 5.02 Å². The molecule has 1 amide bonds. The SMILES string of the molecule is C=CC(=O)NCc1nccc(Cl)c1F. The number of aromatic nitrogens is 1. The highest BCUT2D eigenvalue weighted by Gasteiger charge is 2.07. The Balaban J connectivity index is 2.72. The van der Waals surface area contributed by atoms with Gasteiger partial charge in [-0.15, -0.1) is 0 Å². The van der Waals surface area contributed by atoms with Gasteiger partial charge >= 0.3 is 0 Å². The average molecular weight is 215 g/mol. The molecule has 74 valence electrons. The number of pyridine rings is 1. The summed E-state index contributed by atoms with van der Waals surface area (Å²) in [6, 6.07) is 1.34. The van der Waals surface area contributed by atoms with Gasteiger partial charge in [-0.3, -0.25) is 9.78 Å². The molecule has 0 radical (unpaired) electrons. The Bertz CT molecular complexity index is 368. The fourth-order valence-electron chi connectivity index (χ4n) is 0.827. The molecule has 0 aliphatic carbocycles. The molecule has 5 heteroatoms. The maximum Gasteiger partial charge on any atom is 0.243 e. The molecule has 0 saturated carbocycles. The molecule has 3 nitrogen and oxygen atoms in total. The molecule has 0 saturated heterocycles. The van der Waals surface area contributed by atoms with Crippen LogP contribution < -0.4 is 5.32 Å². The van der Waals surface area contributed by atoms with Gasteiger partial charge in [-0.05, 0) is 12.1 Å². The Morgan fingerprint density at radius 1 is 1.79 bits per heavy atom. The van der Waals surface area contributed by atoms with Crippen molar-refractivity contribution in [1.29, 1.82) is 0 Å². The van der Waals surface area contributed by atoms with E-state index >= 15 is 0 Å². The van der Waals surface area contributed by atoms with E-state index in [0.29, 0.717) is 0 Å². The van der Waals surface area contributed by atoms with Gasteiger partial charge in [0.1, 0.15) is 0 Å². The second-order valence-electron chi connectivity index (χ2n) is 2.48. The summed E-state index contributed by atoms with van der Waals surface area (Å²) in [5.41, 5.74) is 0.104. The van der Waals surface area contributed by atoms with Crippen LogP contribution in [0.5, 0.6) is 0 Å². The molecule has 0 aromatic carbocycles. The monoisotopic (exact) mass is 214 g/mol. The lowest BCUT2D eigenvalue weighted by molar-refractivity contribution is -0.116. The molecule has 14 heavy (non-hydrogen) atoms. The highest BCUT2D eigenvalue weighted by molar-refractivity contribution is 6.30. The van der Waals surface area contributed by atoms with Crippen molar-refractivity contribution < 1.29 is 9.18 Å². The van der Waals surface area contributed by atoms with E-state index in [1.807, 2.05) is 0 Å². The van der Waals surface area contributed by atoms with Crippen LogP contribution >= 0.6 is 11.6 Å². The highest BCUT2D eigenvalue weighted by Crippen LogP contribution is 2.15. The molecule has 0 spiro atoms. The van der Waals surface area contributed by atoms with Crippen LogP contribution in [-0.4, -0.2) is 10.9 Å². The van der Waals surface area contributed by atoms with E-state index in [1.54, 1.807) is 0 Å². The summed E-state index contributed by atoms with van der Waals surface area (Å²) < 4.78 is 13.2. The number of nitrogens with one attached hydrogen (secondary N) is 1. The molecule has 1 aromatic rings. The number of amides is 1. The molecular weight excluding hydrogens is 207 g/mol. The van der Waals surface area contributed by atoms with Crippen molar-refractivity contribution in [2.24, 2.45) is 0 Å². The van der Waals surface area contributed by atoms with E-state index in [1.165, 1.54) is 12.3 Å². The zero-order valence-electron chi connectivity index (χ0n) is 7.26. The summed E-state index contributed by atoms with van der Waals surface area (Å²) in [5.74, 6) is -0.996. The lowest BCUT2D eigenvalue weighted by Gasteiger charge is -2.03. The van der Waals surface area contributed by atoms with Gasteiger partial charge in [-0.25, -0.2) is 4.39 Å². The maximum absolute atomic E-state index is 13.2. The van der Waals surface area contributed by atoms with Gasteiger partial charge in [0.2, 0.25) is 5.91 Å². The fourth-order valence-corrected chi connectivity index (χ4v) is 0.992. The van der Waals surface area contributed by atoms with Crippen molar-refractivity contribution in [3.05, 3.63) is 41.5 Å². The first-order valence-corrected chi connectivity index (χ1v) is 4.22. The average Bonchev–Trinajstić information content (AvgIpc) is 2.20. The molecule has 0 unspecified atom stereocenters. The summed E-state index contributed by atoms with van der Waals surface area (Å²) in [6.45, 7) is 3.26. The van der Waals surface area contributed by atoms with Crippen molar-refractivity contribution >= 4 is 17.5 Å². The van der Waals surface area contributed by atoms with Crippen LogP contribution in [0.3, 0.4) is 0 Å².